The van der Waals surface area contributed by atoms with Gasteiger partial charge >= 0.3 is 0 Å². The molecule has 0 aliphatic rings. The van der Waals surface area contributed by atoms with Crippen LogP contribution in [0.4, 0.5) is 0 Å². The minimum Gasteiger partial charge on any atom is -0.297 e. The van der Waals surface area contributed by atoms with Gasteiger partial charge in [0.2, 0.25) is 0 Å². The maximum Gasteiger partial charge on any atom is 0.194 e. The summed E-state index contributed by atoms with van der Waals surface area (Å²) in [4.78, 5) is 16.2. The number of rotatable bonds is 1. The number of carbonyl (C=O) groups excluding carboxylic acids is 1. The summed E-state index contributed by atoms with van der Waals surface area (Å²) < 4.78 is 1.91. The van der Waals surface area contributed by atoms with Crippen molar-refractivity contribution < 1.29 is 4.79 Å². The summed E-state index contributed by atoms with van der Waals surface area (Å²) in [6.45, 7) is 1.91. The molecule has 0 spiro atoms. The number of nitrogens with zero attached hydrogens (tertiary/aromatic N) is 2. The molecule has 0 atom stereocenters. The fraction of sp³-hybridized carbons (Fsp3) is 0.143. The van der Waals surface area contributed by atoms with Crippen molar-refractivity contribution in [3.63, 3.8) is 0 Å². The van der Waals surface area contributed by atoms with Gasteiger partial charge in [0.1, 0.15) is 0 Å². The van der Waals surface area contributed by atoms with Crippen LogP contribution >= 0.6 is 11.3 Å². The Morgan fingerprint density at radius 1 is 1.73 bits per heavy atom. The number of aromatic nitrogens is 2. The van der Waals surface area contributed by atoms with Crippen LogP contribution in [0, 0.1) is 6.92 Å². The standard InChI is InChI=1S/C7H6N2OS/c1-5-6(4-10)11-7-8-2-3-9(5)7/h2-4H,1H3. The van der Waals surface area contributed by atoms with E-state index in [1.165, 1.54) is 11.3 Å². The second-order valence-corrected chi connectivity index (χ2v) is 3.26. The summed E-state index contributed by atoms with van der Waals surface area (Å²) in [5.74, 6) is 0. The van der Waals surface area contributed by atoms with E-state index < -0.39 is 0 Å². The SMILES string of the molecule is Cc1c(C=O)sc2nccn12. The van der Waals surface area contributed by atoms with Crippen LogP contribution in [0.2, 0.25) is 0 Å². The predicted molar refractivity (Wildman–Crippen MR) is 43.2 cm³/mol. The first-order valence-electron chi connectivity index (χ1n) is 3.20. The Hall–Kier alpha value is -1.16. The molecule has 0 N–H and O–H groups in total. The zero-order valence-electron chi connectivity index (χ0n) is 5.94. The van der Waals surface area contributed by atoms with Crippen molar-refractivity contribution in [1.29, 1.82) is 0 Å². The molecule has 4 heteroatoms. The van der Waals surface area contributed by atoms with E-state index in [1.807, 2.05) is 17.5 Å². The molecule has 2 rings (SSSR count). The number of aryl methyl sites for hydroxylation is 1. The van der Waals surface area contributed by atoms with E-state index in [0.29, 0.717) is 0 Å². The quantitative estimate of drug-likeness (QED) is 0.602. The molecule has 0 unspecified atom stereocenters. The largest absolute Gasteiger partial charge is 0.297 e. The number of fused-ring (bicyclic) bond motifs is 1. The van der Waals surface area contributed by atoms with Crippen LogP contribution in [0.25, 0.3) is 4.96 Å². The van der Waals surface area contributed by atoms with E-state index in [-0.39, 0.29) is 0 Å². The number of hydrogen-bond donors (Lipinski definition) is 0. The normalized spacial score (nSPS) is 10.6. The van der Waals surface area contributed by atoms with Gasteiger partial charge in [0.15, 0.2) is 11.2 Å². The van der Waals surface area contributed by atoms with E-state index in [1.54, 1.807) is 6.20 Å². The summed E-state index contributed by atoms with van der Waals surface area (Å²) in [6, 6.07) is 0. The molecule has 0 fully saturated rings. The Labute approximate surface area is 67.3 Å². The van der Waals surface area contributed by atoms with E-state index in [0.717, 1.165) is 21.8 Å². The van der Waals surface area contributed by atoms with Crippen LogP contribution in [0.5, 0.6) is 0 Å². The number of thiazole rings is 1. The Morgan fingerprint density at radius 2 is 2.55 bits per heavy atom. The van der Waals surface area contributed by atoms with Gasteiger partial charge in [-0.3, -0.25) is 9.20 Å². The highest BCUT2D eigenvalue weighted by Crippen LogP contribution is 2.18. The van der Waals surface area contributed by atoms with Gasteiger partial charge in [-0.15, -0.1) is 0 Å². The molecule has 11 heavy (non-hydrogen) atoms. The molecule has 0 radical (unpaired) electrons. The zero-order chi connectivity index (χ0) is 7.84. The average Bonchev–Trinajstić information content (AvgIpc) is 2.53. The second kappa shape index (κ2) is 2.17. The third-order valence-corrected chi connectivity index (χ3v) is 2.73. The third kappa shape index (κ3) is 0.793. The number of aldehydes is 1. The summed E-state index contributed by atoms with van der Waals surface area (Å²) in [5, 5.41) is 0. The molecule has 0 saturated carbocycles. The summed E-state index contributed by atoms with van der Waals surface area (Å²) >= 11 is 1.41. The van der Waals surface area contributed by atoms with Gasteiger partial charge in [-0.2, -0.15) is 0 Å². The molecule has 56 valence electrons. The van der Waals surface area contributed by atoms with Gasteiger partial charge in [-0.25, -0.2) is 4.98 Å². The first-order chi connectivity index (χ1) is 5.33. The van der Waals surface area contributed by atoms with Gasteiger partial charge < -0.3 is 0 Å². The molecule has 2 aromatic heterocycles. The van der Waals surface area contributed by atoms with Crippen molar-refractivity contribution in [2.45, 2.75) is 6.92 Å². The maximum absolute atomic E-state index is 10.5. The van der Waals surface area contributed by atoms with Crippen LogP contribution in [0.15, 0.2) is 12.4 Å². The molecule has 0 amide bonds. The molecule has 2 aromatic rings. The van der Waals surface area contributed by atoms with Gasteiger partial charge in [0.05, 0.1) is 4.88 Å². The molecule has 2 heterocycles. The van der Waals surface area contributed by atoms with Crippen molar-refractivity contribution in [3.8, 4) is 0 Å². The zero-order valence-corrected chi connectivity index (χ0v) is 6.76. The Kier molecular flexibility index (Phi) is 1.29. The van der Waals surface area contributed by atoms with Gasteiger partial charge in [-0.05, 0) is 6.92 Å². The highest BCUT2D eigenvalue weighted by molar-refractivity contribution is 7.18. The Bertz CT molecular complexity index is 401. The molecule has 0 aliphatic carbocycles. The lowest BCUT2D eigenvalue weighted by molar-refractivity contribution is 0.112. The Balaban J connectivity index is 2.86. The lowest BCUT2D eigenvalue weighted by Gasteiger charge is -1.86. The number of imidazole rings is 1. The van der Waals surface area contributed by atoms with Crippen LogP contribution in [-0.2, 0) is 0 Å². The van der Waals surface area contributed by atoms with Crippen molar-refractivity contribution in [2.75, 3.05) is 0 Å². The molecular weight excluding hydrogens is 160 g/mol. The first-order valence-corrected chi connectivity index (χ1v) is 4.02. The molecule has 0 saturated heterocycles. The summed E-state index contributed by atoms with van der Waals surface area (Å²) in [5.41, 5.74) is 0.970. The number of hydrogen-bond acceptors (Lipinski definition) is 3. The minimum atomic E-state index is 0.758. The summed E-state index contributed by atoms with van der Waals surface area (Å²) in [7, 11) is 0. The molecule has 0 aliphatic heterocycles. The lowest BCUT2D eigenvalue weighted by atomic mass is 10.4. The molecule has 0 bridgehead atoms. The highest BCUT2D eigenvalue weighted by atomic mass is 32.1. The summed E-state index contributed by atoms with van der Waals surface area (Å²) in [6.07, 6.45) is 4.45. The smallest absolute Gasteiger partial charge is 0.194 e. The van der Waals surface area contributed by atoms with Crippen LogP contribution in [0.1, 0.15) is 15.4 Å². The van der Waals surface area contributed by atoms with Crippen molar-refractivity contribution in [2.24, 2.45) is 0 Å². The van der Waals surface area contributed by atoms with Crippen molar-refractivity contribution in [3.05, 3.63) is 23.0 Å². The van der Waals surface area contributed by atoms with Crippen molar-refractivity contribution >= 4 is 22.6 Å². The maximum atomic E-state index is 10.5. The average molecular weight is 166 g/mol. The first kappa shape index (κ1) is 6.54. The van der Waals surface area contributed by atoms with Crippen molar-refractivity contribution in [1.82, 2.24) is 9.38 Å². The van der Waals surface area contributed by atoms with Gasteiger partial charge in [0, 0.05) is 18.1 Å². The van der Waals surface area contributed by atoms with E-state index in [2.05, 4.69) is 4.98 Å². The van der Waals surface area contributed by atoms with E-state index in [9.17, 15) is 4.79 Å². The topological polar surface area (TPSA) is 34.4 Å². The third-order valence-electron chi connectivity index (χ3n) is 1.63. The molecule has 3 nitrogen and oxygen atoms in total. The Morgan fingerprint density at radius 3 is 3.18 bits per heavy atom. The lowest BCUT2D eigenvalue weighted by Crippen LogP contribution is -1.83. The minimum absolute atomic E-state index is 0.758. The second-order valence-electron chi connectivity index (χ2n) is 2.25. The fourth-order valence-corrected chi connectivity index (χ4v) is 1.92. The van der Waals surface area contributed by atoms with E-state index >= 15 is 0 Å². The fourth-order valence-electron chi connectivity index (χ4n) is 1.02. The molecular formula is C7H6N2OS. The van der Waals surface area contributed by atoms with Crippen LogP contribution in [-0.4, -0.2) is 15.7 Å². The van der Waals surface area contributed by atoms with E-state index in [4.69, 9.17) is 0 Å². The predicted octanol–water partition coefficient (Wildman–Crippen LogP) is 1.52. The van der Waals surface area contributed by atoms with Gasteiger partial charge in [0.25, 0.3) is 0 Å². The number of carbonyl (C=O) groups is 1. The van der Waals surface area contributed by atoms with Crippen LogP contribution < -0.4 is 0 Å². The monoisotopic (exact) mass is 166 g/mol. The van der Waals surface area contributed by atoms with Gasteiger partial charge in [-0.1, -0.05) is 11.3 Å². The molecule has 0 aromatic carbocycles. The van der Waals surface area contributed by atoms with Crippen LogP contribution in [0.3, 0.4) is 0 Å². The highest BCUT2D eigenvalue weighted by Gasteiger charge is 2.06.